The van der Waals surface area contributed by atoms with Gasteiger partial charge in [-0.3, -0.25) is 9.59 Å². The Hall–Kier alpha value is -2.34. The molecule has 0 saturated carbocycles. The second-order valence-corrected chi connectivity index (χ2v) is 6.83. The van der Waals surface area contributed by atoms with E-state index in [9.17, 15) is 9.59 Å². The number of para-hydroxylation sites is 1. The van der Waals surface area contributed by atoms with Crippen LogP contribution >= 0.6 is 11.6 Å². The van der Waals surface area contributed by atoms with Crippen LogP contribution in [0.4, 0.5) is 0 Å². The Morgan fingerprint density at radius 2 is 1.73 bits per heavy atom. The summed E-state index contributed by atoms with van der Waals surface area (Å²) in [5, 5.41) is 5.19. The monoisotopic (exact) mass is 374 g/mol. The van der Waals surface area contributed by atoms with E-state index in [1.807, 2.05) is 38.1 Å². The molecule has 2 aromatic rings. The molecular formula is C19H23ClN4O2. The second kappa shape index (κ2) is 7.50. The summed E-state index contributed by atoms with van der Waals surface area (Å²) in [6, 6.07) is 7.48. The van der Waals surface area contributed by atoms with Gasteiger partial charge in [-0.1, -0.05) is 30.7 Å². The molecule has 1 fully saturated rings. The Morgan fingerprint density at radius 1 is 1.12 bits per heavy atom. The van der Waals surface area contributed by atoms with Gasteiger partial charge in [-0.15, -0.1) is 0 Å². The van der Waals surface area contributed by atoms with Crippen molar-refractivity contribution in [2.45, 2.75) is 27.2 Å². The number of amides is 2. The minimum atomic E-state index is -0.0270. The van der Waals surface area contributed by atoms with Gasteiger partial charge < -0.3 is 9.80 Å². The molecule has 0 aliphatic carbocycles. The first-order chi connectivity index (χ1) is 12.4. The molecule has 7 heteroatoms. The van der Waals surface area contributed by atoms with Crippen molar-refractivity contribution >= 4 is 23.4 Å². The van der Waals surface area contributed by atoms with E-state index >= 15 is 0 Å². The first kappa shape index (κ1) is 18.5. The normalized spacial score (nSPS) is 14.6. The summed E-state index contributed by atoms with van der Waals surface area (Å²) in [7, 11) is 0. The zero-order valence-corrected chi connectivity index (χ0v) is 16.1. The molecule has 0 bridgehead atoms. The Labute approximate surface area is 158 Å². The highest BCUT2D eigenvalue weighted by Gasteiger charge is 2.28. The fourth-order valence-corrected chi connectivity index (χ4v) is 3.60. The van der Waals surface area contributed by atoms with Crippen LogP contribution in [0.1, 0.15) is 35.6 Å². The number of hydrogen-bond acceptors (Lipinski definition) is 3. The predicted octanol–water partition coefficient (Wildman–Crippen LogP) is 2.70. The van der Waals surface area contributed by atoms with E-state index in [1.54, 1.807) is 21.4 Å². The van der Waals surface area contributed by atoms with Gasteiger partial charge in [0, 0.05) is 33.1 Å². The van der Waals surface area contributed by atoms with Gasteiger partial charge >= 0.3 is 0 Å². The molecule has 26 heavy (non-hydrogen) atoms. The Kier molecular flexibility index (Phi) is 5.32. The third-order valence-electron chi connectivity index (χ3n) is 4.80. The van der Waals surface area contributed by atoms with Crippen molar-refractivity contribution in [2.75, 3.05) is 26.2 Å². The van der Waals surface area contributed by atoms with E-state index in [1.165, 1.54) is 0 Å². The molecule has 0 unspecified atom stereocenters. The van der Waals surface area contributed by atoms with E-state index in [0.29, 0.717) is 48.9 Å². The highest BCUT2D eigenvalue weighted by atomic mass is 35.5. The van der Waals surface area contributed by atoms with Crippen LogP contribution in [-0.4, -0.2) is 57.6 Å². The molecule has 1 aliphatic heterocycles. The molecular weight excluding hydrogens is 352 g/mol. The van der Waals surface area contributed by atoms with Crippen molar-refractivity contribution < 1.29 is 9.59 Å². The molecule has 0 spiro atoms. The summed E-state index contributed by atoms with van der Waals surface area (Å²) in [5.41, 5.74) is 2.97. The lowest BCUT2D eigenvalue weighted by molar-refractivity contribution is -0.130. The number of hydrogen-bond donors (Lipinski definition) is 0. The van der Waals surface area contributed by atoms with Gasteiger partial charge in [-0.25, -0.2) is 4.68 Å². The summed E-state index contributed by atoms with van der Waals surface area (Å²) in [6.45, 7) is 7.64. The maximum Gasteiger partial charge on any atom is 0.257 e. The van der Waals surface area contributed by atoms with Crippen molar-refractivity contribution in [3.8, 4) is 5.69 Å². The summed E-state index contributed by atoms with van der Waals surface area (Å²) in [4.78, 5) is 28.2. The van der Waals surface area contributed by atoms with E-state index < -0.39 is 0 Å². The zero-order valence-electron chi connectivity index (χ0n) is 15.3. The minimum Gasteiger partial charge on any atom is -0.339 e. The fraction of sp³-hybridized carbons (Fsp3) is 0.421. The van der Waals surface area contributed by atoms with Gasteiger partial charge in [0.1, 0.15) is 0 Å². The van der Waals surface area contributed by atoms with Crippen LogP contribution in [0.25, 0.3) is 5.69 Å². The van der Waals surface area contributed by atoms with Gasteiger partial charge in [-0.2, -0.15) is 5.10 Å². The van der Waals surface area contributed by atoms with Crippen LogP contribution < -0.4 is 0 Å². The molecule has 1 saturated heterocycles. The lowest BCUT2D eigenvalue weighted by Crippen LogP contribution is -2.50. The number of benzene rings is 1. The number of halogens is 1. The predicted molar refractivity (Wildman–Crippen MR) is 101 cm³/mol. The van der Waals surface area contributed by atoms with Crippen LogP contribution in [0.5, 0.6) is 0 Å². The SMILES string of the molecule is CCc1c(C(=O)N2CCN(C(C)=O)CC2)c(C)nn1-c1ccccc1Cl. The number of aromatic nitrogens is 2. The maximum absolute atomic E-state index is 13.1. The minimum absolute atomic E-state index is 0.0270. The molecule has 1 aliphatic rings. The number of carbonyl (C=O) groups is 2. The molecule has 1 aromatic carbocycles. The first-order valence-corrected chi connectivity index (χ1v) is 9.20. The molecule has 3 rings (SSSR count). The van der Waals surface area contributed by atoms with E-state index in [4.69, 9.17) is 11.6 Å². The average Bonchev–Trinajstić information content (AvgIpc) is 2.97. The Morgan fingerprint density at radius 3 is 2.31 bits per heavy atom. The zero-order chi connectivity index (χ0) is 18.8. The summed E-state index contributed by atoms with van der Waals surface area (Å²) in [5.74, 6) is 0.0231. The second-order valence-electron chi connectivity index (χ2n) is 6.42. The van der Waals surface area contributed by atoms with Crippen molar-refractivity contribution in [3.05, 3.63) is 46.2 Å². The lowest BCUT2D eigenvalue weighted by Gasteiger charge is -2.34. The number of nitrogens with zero attached hydrogens (tertiary/aromatic N) is 4. The molecule has 0 N–H and O–H groups in total. The quantitative estimate of drug-likeness (QED) is 0.830. The molecule has 0 radical (unpaired) electrons. The summed E-state index contributed by atoms with van der Waals surface area (Å²) in [6.07, 6.45) is 0.667. The van der Waals surface area contributed by atoms with Gasteiger partial charge in [0.05, 0.1) is 27.7 Å². The molecule has 2 amide bonds. The van der Waals surface area contributed by atoms with Crippen LogP contribution in [0.3, 0.4) is 0 Å². The topological polar surface area (TPSA) is 58.4 Å². The summed E-state index contributed by atoms with van der Waals surface area (Å²) < 4.78 is 1.77. The van der Waals surface area contributed by atoms with Gasteiger partial charge in [0.25, 0.3) is 5.91 Å². The smallest absolute Gasteiger partial charge is 0.257 e. The van der Waals surface area contributed by atoms with Crippen LogP contribution in [0.15, 0.2) is 24.3 Å². The van der Waals surface area contributed by atoms with Crippen molar-refractivity contribution in [1.29, 1.82) is 0 Å². The molecule has 0 atom stereocenters. The highest BCUT2D eigenvalue weighted by molar-refractivity contribution is 6.32. The standard InChI is InChI=1S/C19H23ClN4O2/c1-4-16-18(19(26)23-11-9-22(10-12-23)14(3)25)13(2)21-24(16)17-8-6-5-7-15(17)20/h5-8H,4,9-12H2,1-3H3. The van der Waals surface area contributed by atoms with Crippen molar-refractivity contribution in [1.82, 2.24) is 19.6 Å². The number of carbonyl (C=O) groups excluding carboxylic acids is 2. The van der Waals surface area contributed by atoms with Crippen LogP contribution in [-0.2, 0) is 11.2 Å². The van der Waals surface area contributed by atoms with Crippen molar-refractivity contribution in [2.24, 2.45) is 0 Å². The fourth-order valence-electron chi connectivity index (χ4n) is 3.39. The molecule has 1 aromatic heterocycles. The molecule has 2 heterocycles. The number of rotatable bonds is 3. The van der Waals surface area contributed by atoms with Gasteiger partial charge in [0.2, 0.25) is 5.91 Å². The number of piperazine rings is 1. The van der Waals surface area contributed by atoms with Crippen LogP contribution in [0.2, 0.25) is 5.02 Å². The van der Waals surface area contributed by atoms with Crippen LogP contribution in [0, 0.1) is 6.92 Å². The van der Waals surface area contributed by atoms with Gasteiger partial charge in [-0.05, 0) is 25.5 Å². The summed E-state index contributed by atoms with van der Waals surface area (Å²) >= 11 is 6.33. The maximum atomic E-state index is 13.1. The molecule has 138 valence electrons. The number of aryl methyl sites for hydroxylation is 1. The third-order valence-corrected chi connectivity index (χ3v) is 5.12. The van der Waals surface area contributed by atoms with E-state index in [0.717, 1.165) is 11.4 Å². The first-order valence-electron chi connectivity index (χ1n) is 8.82. The Balaban J connectivity index is 1.92. The lowest BCUT2D eigenvalue weighted by atomic mass is 10.1. The van der Waals surface area contributed by atoms with Gasteiger partial charge in [0.15, 0.2) is 0 Å². The third kappa shape index (κ3) is 3.33. The Bertz CT molecular complexity index is 838. The van der Waals surface area contributed by atoms with E-state index in [-0.39, 0.29) is 11.8 Å². The van der Waals surface area contributed by atoms with Crippen molar-refractivity contribution in [3.63, 3.8) is 0 Å². The van der Waals surface area contributed by atoms with E-state index in [2.05, 4.69) is 5.10 Å². The average molecular weight is 375 g/mol. The molecule has 6 nitrogen and oxygen atoms in total. The largest absolute Gasteiger partial charge is 0.339 e. The highest BCUT2D eigenvalue weighted by Crippen LogP contribution is 2.26.